The van der Waals surface area contributed by atoms with E-state index in [1.807, 2.05) is 0 Å². The first-order chi connectivity index (χ1) is 12.0. The van der Waals surface area contributed by atoms with Crippen LogP contribution in [0.5, 0.6) is 0 Å². The van der Waals surface area contributed by atoms with Crippen LogP contribution in [0.25, 0.3) is 5.82 Å². The third-order valence-corrected chi connectivity index (χ3v) is 3.82. The molecule has 0 aliphatic heterocycles. The maximum Gasteiger partial charge on any atom is 0.417 e. The van der Waals surface area contributed by atoms with E-state index >= 15 is 0 Å². The van der Waals surface area contributed by atoms with Crippen molar-refractivity contribution in [2.24, 2.45) is 5.92 Å². The topological polar surface area (TPSA) is 97.1 Å². The van der Waals surface area contributed by atoms with Gasteiger partial charge in [-0.15, -0.1) is 0 Å². The number of aromatic nitrogens is 3. The number of pyridine rings is 1. The van der Waals surface area contributed by atoms with E-state index in [0.29, 0.717) is 6.20 Å². The third-order valence-electron chi connectivity index (χ3n) is 3.45. The van der Waals surface area contributed by atoms with Gasteiger partial charge in [-0.2, -0.15) is 23.0 Å². The Balaban J connectivity index is 2.38. The predicted octanol–water partition coefficient (Wildman–Crippen LogP) is 2.82. The lowest BCUT2D eigenvalue weighted by atomic mass is 10.0. The number of carboxylic acids is 1. The minimum Gasteiger partial charge on any atom is -0.480 e. The van der Waals surface area contributed by atoms with Gasteiger partial charge in [0.1, 0.15) is 11.1 Å². The van der Waals surface area contributed by atoms with Gasteiger partial charge in [0.15, 0.2) is 5.82 Å². The summed E-state index contributed by atoms with van der Waals surface area (Å²) in [6.07, 6.45) is -2.87. The molecule has 2 aromatic heterocycles. The number of carbonyl (C=O) groups is 1. The summed E-state index contributed by atoms with van der Waals surface area (Å²) in [4.78, 5) is 27.1. The van der Waals surface area contributed by atoms with Crippen LogP contribution in [0.2, 0.25) is 5.02 Å². The van der Waals surface area contributed by atoms with Gasteiger partial charge in [-0.3, -0.25) is 4.79 Å². The molecule has 1 atom stereocenters. The molecule has 2 N–H and O–H groups in total. The highest BCUT2D eigenvalue weighted by molar-refractivity contribution is 6.33. The van der Waals surface area contributed by atoms with Crippen LogP contribution in [0.3, 0.4) is 0 Å². The Kier molecular flexibility index (Phi) is 5.55. The van der Waals surface area contributed by atoms with E-state index in [9.17, 15) is 27.9 Å². The number of carboxylic acid groups (broad SMARTS) is 1. The van der Waals surface area contributed by atoms with Crippen molar-refractivity contribution in [1.82, 2.24) is 14.8 Å². The zero-order valence-electron chi connectivity index (χ0n) is 13.6. The largest absolute Gasteiger partial charge is 0.480 e. The molecule has 0 radical (unpaired) electrons. The lowest BCUT2D eigenvalue weighted by Gasteiger charge is -2.19. The summed E-state index contributed by atoms with van der Waals surface area (Å²) in [6.45, 7) is 3.33. The van der Waals surface area contributed by atoms with Gasteiger partial charge in [0.2, 0.25) is 0 Å². The number of hydrogen-bond acceptors (Lipinski definition) is 5. The Morgan fingerprint density at radius 3 is 2.42 bits per heavy atom. The second-order valence-corrected chi connectivity index (χ2v) is 6.07. The first kappa shape index (κ1) is 19.7. The van der Waals surface area contributed by atoms with Gasteiger partial charge >= 0.3 is 12.1 Å². The van der Waals surface area contributed by atoms with Gasteiger partial charge in [0.05, 0.1) is 17.4 Å². The average Bonchev–Trinajstić information content (AvgIpc) is 2.55. The van der Waals surface area contributed by atoms with Gasteiger partial charge in [-0.05, 0) is 18.1 Å². The molecule has 2 rings (SSSR count). The van der Waals surface area contributed by atoms with E-state index in [1.165, 1.54) is 0 Å². The summed E-state index contributed by atoms with van der Waals surface area (Å²) in [5.74, 6) is -1.60. The summed E-state index contributed by atoms with van der Waals surface area (Å²) in [6, 6.07) is 0.735. The van der Waals surface area contributed by atoms with Crippen LogP contribution in [-0.2, 0) is 11.0 Å². The molecule has 0 saturated heterocycles. The molecule has 0 amide bonds. The van der Waals surface area contributed by atoms with E-state index in [1.54, 1.807) is 13.8 Å². The van der Waals surface area contributed by atoms with Crippen molar-refractivity contribution in [1.29, 1.82) is 0 Å². The number of nitrogens with one attached hydrogen (secondary N) is 1. The second kappa shape index (κ2) is 7.32. The smallest absolute Gasteiger partial charge is 0.417 e. The molecule has 0 aromatic carbocycles. The minimum absolute atomic E-state index is 0.000860. The molecular weight excluding hydrogens is 377 g/mol. The molecule has 0 fully saturated rings. The van der Waals surface area contributed by atoms with Gasteiger partial charge < -0.3 is 10.4 Å². The van der Waals surface area contributed by atoms with Gasteiger partial charge in [-0.1, -0.05) is 25.4 Å². The molecule has 0 bridgehead atoms. The number of anilines is 1. The maximum atomic E-state index is 12.6. The van der Waals surface area contributed by atoms with Crippen LogP contribution in [0.15, 0.2) is 29.3 Å². The van der Waals surface area contributed by atoms with Crippen LogP contribution in [0.4, 0.5) is 18.9 Å². The van der Waals surface area contributed by atoms with Crippen molar-refractivity contribution in [2.45, 2.75) is 26.1 Å². The van der Waals surface area contributed by atoms with E-state index in [0.717, 1.165) is 23.0 Å². The van der Waals surface area contributed by atoms with Crippen LogP contribution >= 0.6 is 11.6 Å². The Hall–Kier alpha value is -2.62. The monoisotopic (exact) mass is 390 g/mol. The molecule has 0 unspecified atom stereocenters. The Bertz CT molecular complexity index is 866. The lowest BCUT2D eigenvalue weighted by molar-refractivity contribution is -0.139. The molecule has 0 aliphatic rings. The van der Waals surface area contributed by atoms with Crippen LogP contribution < -0.4 is 10.9 Å². The van der Waals surface area contributed by atoms with E-state index in [-0.39, 0.29) is 22.4 Å². The Labute approximate surface area is 150 Å². The van der Waals surface area contributed by atoms with Crippen molar-refractivity contribution in [2.75, 3.05) is 5.32 Å². The van der Waals surface area contributed by atoms with Crippen molar-refractivity contribution in [3.63, 3.8) is 0 Å². The number of alkyl halides is 3. The molecule has 140 valence electrons. The molecule has 7 nitrogen and oxygen atoms in total. The zero-order chi connectivity index (χ0) is 19.6. The van der Waals surface area contributed by atoms with Gasteiger partial charge in [-0.25, -0.2) is 9.78 Å². The standard InChI is InChI=1S/C15H14ClF3N4O3/c1-7(2)12(14(25)26)22-9-6-21-23(13(24)11(9)16)10-4-3-8(5-20-10)15(17,18)19/h3-7,12,22H,1-2H3,(H,25,26)/t12-/m0/s1. The SMILES string of the molecule is CC(C)[C@H](Nc1cnn(-c2ccc(C(F)(F)F)cn2)c(=O)c1Cl)C(=O)O. The highest BCUT2D eigenvalue weighted by Gasteiger charge is 2.31. The first-order valence-corrected chi connectivity index (χ1v) is 7.71. The second-order valence-electron chi connectivity index (χ2n) is 5.70. The van der Waals surface area contributed by atoms with Crippen LogP contribution in [0, 0.1) is 5.92 Å². The fraction of sp³-hybridized carbons (Fsp3) is 0.333. The summed E-state index contributed by atoms with van der Waals surface area (Å²) >= 11 is 5.97. The molecule has 0 saturated carbocycles. The van der Waals surface area contributed by atoms with E-state index < -0.39 is 29.3 Å². The summed E-state index contributed by atoms with van der Waals surface area (Å²) < 4.78 is 38.4. The number of hydrogen-bond donors (Lipinski definition) is 2. The molecule has 2 aromatic rings. The Morgan fingerprint density at radius 2 is 1.96 bits per heavy atom. The number of aliphatic carboxylic acids is 1. The van der Waals surface area contributed by atoms with Gasteiger partial charge in [0.25, 0.3) is 5.56 Å². The van der Waals surface area contributed by atoms with E-state index in [4.69, 9.17) is 11.6 Å². The first-order valence-electron chi connectivity index (χ1n) is 7.33. The van der Waals surface area contributed by atoms with Crippen LogP contribution in [0.1, 0.15) is 19.4 Å². The summed E-state index contributed by atoms with van der Waals surface area (Å²) in [5.41, 5.74) is -1.82. The van der Waals surface area contributed by atoms with Gasteiger partial charge in [0, 0.05) is 6.20 Å². The molecule has 2 heterocycles. The van der Waals surface area contributed by atoms with Crippen molar-refractivity contribution in [3.8, 4) is 5.82 Å². The predicted molar refractivity (Wildman–Crippen MR) is 87.5 cm³/mol. The normalized spacial score (nSPS) is 12.9. The van der Waals surface area contributed by atoms with Crippen LogP contribution in [-0.4, -0.2) is 31.9 Å². The molecule has 0 aliphatic carbocycles. The maximum absolute atomic E-state index is 12.6. The van der Waals surface area contributed by atoms with E-state index in [2.05, 4.69) is 15.4 Å². The average molecular weight is 391 g/mol. The number of nitrogens with zero attached hydrogens (tertiary/aromatic N) is 3. The molecule has 11 heteroatoms. The third kappa shape index (κ3) is 4.13. The fourth-order valence-corrected chi connectivity index (χ4v) is 2.24. The quantitative estimate of drug-likeness (QED) is 0.814. The molecular formula is C15H14ClF3N4O3. The fourth-order valence-electron chi connectivity index (χ4n) is 2.06. The highest BCUT2D eigenvalue weighted by Crippen LogP contribution is 2.28. The Morgan fingerprint density at radius 1 is 1.31 bits per heavy atom. The molecule has 0 spiro atoms. The molecule has 26 heavy (non-hydrogen) atoms. The van der Waals surface area contributed by atoms with Crippen molar-refractivity contribution < 1.29 is 23.1 Å². The lowest BCUT2D eigenvalue weighted by Crippen LogP contribution is -2.35. The number of rotatable bonds is 5. The minimum atomic E-state index is -4.56. The highest BCUT2D eigenvalue weighted by atomic mass is 35.5. The summed E-state index contributed by atoms with van der Waals surface area (Å²) in [5, 5.41) is 15.2. The van der Waals surface area contributed by atoms with Crippen molar-refractivity contribution in [3.05, 3.63) is 45.5 Å². The zero-order valence-corrected chi connectivity index (χ0v) is 14.3. The number of halogens is 4. The van der Waals surface area contributed by atoms with Crippen molar-refractivity contribution >= 4 is 23.3 Å². The summed E-state index contributed by atoms with van der Waals surface area (Å²) in [7, 11) is 0.